The average Bonchev–Trinajstić information content (AvgIpc) is 2.74. The van der Waals surface area contributed by atoms with Crippen LogP contribution in [0.1, 0.15) is 24.4 Å². The van der Waals surface area contributed by atoms with Crippen molar-refractivity contribution in [2.24, 2.45) is 0 Å². The summed E-state index contributed by atoms with van der Waals surface area (Å²) in [6, 6.07) is 5.52. The Kier molecular flexibility index (Phi) is 4.20. The average molecular weight is 316 g/mol. The Morgan fingerprint density at radius 3 is 2.82 bits per heavy atom. The van der Waals surface area contributed by atoms with Gasteiger partial charge in [-0.3, -0.25) is 4.98 Å². The van der Waals surface area contributed by atoms with Crippen molar-refractivity contribution in [3.05, 3.63) is 51.6 Å². The first-order valence-electron chi connectivity index (χ1n) is 5.30. The maximum Gasteiger partial charge on any atom is 0.140 e. The fourth-order valence-corrected chi connectivity index (χ4v) is 2.15. The highest BCUT2D eigenvalue weighted by molar-refractivity contribution is 9.10. The lowest BCUT2D eigenvalue weighted by molar-refractivity contribution is 0.445. The van der Waals surface area contributed by atoms with Gasteiger partial charge < -0.3 is 9.73 Å². The summed E-state index contributed by atoms with van der Waals surface area (Å²) in [5, 5.41) is 3.96. The van der Waals surface area contributed by atoms with E-state index in [1.54, 1.807) is 12.5 Å². The van der Waals surface area contributed by atoms with Gasteiger partial charge in [-0.25, -0.2) is 0 Å². The Bertz CT molecular complexity index is 484. The van der Waals surface area contributed by atoms with Gasteiger partial charge in [0.25, 0.3) is 0 Å². The fourth-order valence-electron chi connectivity index (χ4n) is 1.61. The van der Waals surface area contributed by atoms with Gasteiger partial charge in [-0.15, -0.1) is 0 Å². The van der Waals surface area contributed by atoms with Crippen molar-refractivity contribution in [2.45, 2.75) is 13.0 Å². The normalized spacial score (nSPS) is 12.6. The summed E-state index contributed by atoms with van der Waals surface area (Å²) >= 11 is 9.30. The summed E-state index contributed by atoms with van der Waals surface area (Å²) in [5.41, 5.74) is 0.881. The van der Waals surface area contributed by atoms with E-state index in [9.17, 15) is 0 Å². The molecule has 0 fully saturated rings. The smallest absolute Gasteiger partial charge is 0.140 e. The molecule has 0 saturated carbocycles. The number of nitrogens with zero attached hydrogens (tertiary/aromatic N) is 1. The van der Waals surface area contributed by atoms with Gasteiger partial charge in [0.2, 0.25) is 0 Å². The molecule has 0 bridgehead atoms. The lowest BCUT2D eigenvalue weighted by atomic mass is 10.1. The van der Waals surface area contributed by atoms with E-state index in [0.29, 0.717) is 5.02 Å². The van der Waals surface area contributed by atoms with Gasteiger partial charge >= 0.3 is 0 Å². The van der Waals surface area contributed by atoms with Crippen LogP contribution in [0.4, 0.5) is 0 Å². The van der Waals surface area contributed by atoms with Crippen molar-refractivity contribution in [1.82, 2.24) is 10.3 Å². The topological polar surface area (TPSA) is 38.1 Å². The van der Waals surface area contributed by atoms with Crippen LogP contribution in [0.25, 0.3) is 0 Å². The van der Waals surface area contributed by atoms with Gasteiger partial charge in [0.05, 0.1) is 21.5 Å². The van der Waals surface area contributed by atoms with E-state index < -0.39 is 0 Å². The van der Waals surface area contributed by atoms with Gasteiger partial charge in [0.15, 0.2) is 0 Å². The first-order chi connectivity index (χ1) is 8.22. The zero-order valence-corrected chi connectivity index (χ0v) is 11.6. The molecular weight excluding hydrogens is 304 g/mol. The van der Waals surface area contributed by atoms with E-state index in [0.717, 1.165) is 22.5 Å². The highest BCUT2D eigenvalue weighted by atomic mass is 79.9. The quantitative estimate of drug-likeness (QED) is 0.933. The lowest BCUT2D eigenvalue weighted by Gasteiger charge is -2.15. The fraction of sp³-hybridized carbons (Fsp3) is 0.250. The second kappa shape index (κ2) is 5.67. The van der Waals surface area contributed by atoms with E-state index in [2.05, 4.69) is 26.2 Å². The molecule has 1 atom stereocenters. The number of furan rings is 1. The Balaban J connectivity index is 2.35. The summed E-state index contributed by atoms with van der Waals surface area (Å²) in [7, 11) is 0. The third-order valence-corrected chi connectivity index (χ3v) is 3.24. The molecule has 1 N–H and O–H groups in total. The number of aromatic nitrogens is 1. The molecular formula is C12H12BrClN2O. The van der Waals surface area contributed by atoms with Crippen LogP contribution in [-0.4, -0.2) is 11.5 Å². The molecule has 3 nitrogen and oxygen atoms in total. The Hall–Kier alpha value is -0.840. The highest BCUT2D eigenvalue weighted by Crippen LogP contribution is 2.28. The predicted molar refractivity (Wildman–Crippen MR) is 71.2 cm³/mol. The molecule has 0 saturated heterocycles. The van der Waals surface area contributed by atoms with E-state index in [-0.39, 0.29) is 6.04 Å². The van der Waals surface area contributed by atoms with Crippen molar-refractivity contribution >= 4 is 27.5 Å². The van der Waals surface area contributed by atoms with Crippen molar-refractivity contribution in [3.63, 3.8) is 0 Å². The van der Waals surface area contributed by atoms with Gasteiger partial charge in [-0.05, 0) is 40.7 Å². The summed E-state index contributed by atoms with van der Waals surface area (Å²) in [5.74, 6) is 0.821. The second-order valence-corrected chi connectivity index (χ2v) is 4.82. The first-order valence-corrected chi connectivity index (χ1v) is 6.47. The van der Waals surface area contributed by atoms with E-state index in [1.165, 1.54) is 0 Å². The summed E-state index contributed by atoms with van der Waals surface area (Å²) in [4.78, 5) is 4.32. The van der Waals surface area contributed by atoms with Crippen LogP contribution in [0.5, 0.6) is 0 Å². The van der Waals surface area contributed by atoms with E-state index >= 15 is 0 Å². The summed E-state index contributed by atoms with van der Waals surface area (Å²) in [6.45, 7) is 2.86. The molecule has 0 radical (unpaired) electrons. The van der Waals surface area contributed by atoms with Crippen LogP contribution in [0.3, 0.4) is 0 Å². The molecule has 0 aromatic carbocycles. The first kappa shape index (κ1) is 12.6. The zero-order chi connectivity index (χ0) is 12.3. The van der Waals surface area contributed by atoms with Gasteiger partial charge in [-0.1, -0.05) is 18.5 Å². The molecule has 2 aromatic heterocycles. The van der Waals surface area contributed by atoms with Crippen molar-refractivity contribution < 1.29 is 4.42 Å². The molecule has 0 aliphatic heterocycles. The Labute approximate surface area is 113 Å². The van der Waals surface area contributed by atoms with Crippen LogP contribution in [0.15, 0.2) is 39.5 Å². The van der Waals surface area contributed by atoms with Gasteiger partial charge in [0.1, 0.15) is 11.8 Å². The third-order valence-electron chi connectivity index (χ3n) is 2.36. The number of halogens is 2. The molecule has 2 aromatic rings. The molecule has 0 amide bonds. The van der Waals surface area contributed by atoms with Crippen molar-refractivity contribution in [2.75, 3.05) is 6.54 Å². The van der Waals surface area contributed by atoms with E-state index in [1.807, 2.05) is 25.1 Å². The van der Waals surface area contributed by atoms with Crippen molar-refractivity contribution in [3.8, 4) is 0 Å². The van der Waals surface area contributed by atoms with Crippen LogP contribution in [0.2, 0.25) is 5.02 Å². The maximum atomic E-state index is 5.83. The minimum Gasteiger partial charge on any atom is -0.466 e. The van der Waals surface area contributed by atoms with Crippen LogP contribution in [0, 0.1) is 0 Å². The molecule has 0 spiro atoms. The molecule has 2 heterocycles. The van der Waals surface area contributed by atoms with E-state index in [4.69, 9.17) is 16.0 Å². The lowest BCUT2D eigenvalue weighted by Crippen LogP contribution is -2.22. The molecule has 5 heteroatoms. The van der Waals surface area contributed by atoms with Crippen LogP contribution in [-0.2, 0) is 0 Å². The molecule has 2 rings (SSSR count). The molecule has 0 aliphatic rings. The third kappa shape index (κ3) is 2.89. The Morgan fingerprint density at radius 2 is 2.29 bits per heavy atom. The minimum absolute atomic E-state index is 0.0679. The monoisotopic (exact) mass is 314 g/mol. The highest BCUT2D eigenvalue weighted by Gasteiger charge is 2.20. The number of hydrogen-bond acceptors (Lipinski definition) is 3. The SMILES string of the molecule is CCNC(c1ccc(Cl)cn1)c1occc1Br. The number of nitrogens with one attached hydrogen (secondary N) is 1. The minimum atomic E-state index is -0.0679. The number of rotatable bonds is 4. The Morgan fingerprint density at radius 1 is 1.47 bits per heavy atom. The standard InChI is InChI=1S/C12H12BrClN2O/c1-2-15-11(12-9(13)5-6-17-12)10-4-3-8(14)7-16-10/h3-7,11,15H,2H2,1H3. The molecule has 90 valence electrons. The number of pyridine rings is 1. The maximum absolute atomic E-state index is 5.83. The summed E-state index contributed by atoms with van der Waals surface area (Å²) in [6.07, 6.45) is 3.29. The molecule has 17 heavy (non-hydrogen) atoms. The van der Waals surface area contributed by atoms with Crippen LogP contribution >= 0.6 is 27.5 Å². The largest absolute Gasteiger partial charge is 0.466 e. The summed E-state index contributed by atoms with van der Waals surface area (Å²) < 4.78 is 6.41. The van der Waals surface area contributed by atoms with Crippen LogP contribution < -0.4 is 5.32 Å². The van der Waals surface area contributed by atoms with Crippen molar-refractivity contribution in [1.29, 1.82) is 0 Å². The predicted octanol–water partition coefficient (Wildman–Crippen LogP) is 3.79. The molecule has 1 unspecified atom stereocenters. The molecule has 0 aliphatic carbocycles. The van der Waals surface area contributed by atoms with Gasteiger partial charge in [-0.2, -0.15) is 0 Å². The zero-order valence-electron chi connectivity index (χ0n) is 9.28. The number of hydrogen-bond donors (Lipinski definition) is 1. The second-order valence-electron chi connectivity index (χ2n) is 3.52. The van der Waals surface area contributed by atoms with Gasteiger partial charge in [0, 0.05) is 6.20 Å².